The van der Waals surface area contributed by atoms with E-state index in [1.807, 2.05) is 36.4 Å². The molecule has 0 aliphatic rings. The maximum atomic E-state index is 16.0. The summed E-state index contributed by atoms with van der Waals surface area (Å²) >= 11 is 0. The van der Waals surface area contributed by atoms with Crippen molar-refractivity contribution in [3.63, 3.8) is 0 Å². The van der Waals surface area contributed by atoms with Gasteiger partial charge >= 0.3 is 0 Å². The molecule has 0 bridgehead atoms. The zero-order valence-electron chi connectivity index (χ0n) is 25.3. The van der Waals surface area contributed by atoms with Gasteiger partial charge in [-0.05, 0) is 41.1 Å². The van der Waals surface area contributed by atoms with E-state index in [0.29, 0.717) is 44.6 Å². The van der Waals surface area contributed by atoms with E-state index in [2.05, 4.69) is 37.9 Å². The maximum absolute atomic E-state index is 16.0. The molecule has 46 heavy (non-hydrogen) atoms. The van der Waals surface area contributed by atoms with Crippen molar-refractivity contribution in [3.8, 4) is 39.5 Å². The molecule has 1 N–H and O–H groups in total. The fourth-order valence-electron chi connectivity index (χ4n) is 5.62. The van der Waals surface area contributed by atoms with E-state index in [9.17, 15) is 5.11 Å². The van der Waals surface area contributed by atoms with Gasteiger partial charge in [0.25, 0.3) is 5.92 Å². The second kappa shape index (κ2) is 11.9. The van der Waals surface area contributed by atoms with E-state index in [0.717, 1.165) is 16.7 Å². The predicted molar refractivity (Wildman–Crippen MR) is 174 cm³/mol. The fraction of sp³-hybridized carbons (Fsp3) is 0.128. The standard InChI is InChI=1S/C39H29F2N2O2.Pt/c1-38(2,3)28-21-25(30-15-9-17-34-36(30)43-37(45-34)31-14-7-8-16-33(31)44)19-26(22-28)32-23-29(20-24-11-10-18-42-35(24)32)39(40,41)27-12-5-4-6-13-27;/h4-18,20-23,44H,1-3H3;/q-1;. The largest absolute Gasteiger partial charge is 0.507 e. The Morgan fingerprint density at radius 2 is 1.37 bits per heavy atom. The first-order valence-electron chi connectivity index (χ1n) is 14.7. The second-order valence-corrected chi connectivity index (χ2v) is 12.2. The summed E-state index contributed by atoms with van der Waals surface area (Å²) in [5.41, 5.74) is 5.51. The maximum Gasteiger partial charge on any atom is 0.297 e. The number of hydrogen-bond acceptors (Lipinski definition) is 4. The molecule has 2 heterocycles. The average Bonchev–Trinajstić information content (AvgIpc) is 3.48. The number of para-hydroxylation sites is 2. The minimum Gasteiger partial charge on any atom is -0.507 e. The van der Waals surface area contributed by atoms with E-state index < -0.39 is 5.92 Å². The van der Waals surface area contributed by atoms with E-state index in [1.54, 1.807) is 48.7 Å². The summed E-state index contributed by atoms with van der Waals surface area (Å²) in [6.07, 6.45) is 1.67. The van der Waals surface area contributed by atoms with E-state index in [1.165, 1.54) is 24.3 Å². The summed E-state index contributed by atoms with van der Waals surface area (Å²) in [5, 5.41) is 11.1. The van der Waals surface area contributed by atoms with E-state index in [4.69, 9.17) is 9.40 Å². The van der Waals surface area contributed by atoms with Gasteiger partial charge in [-0.25, -0.2) is 4.98 Å². The fourth-order valence-corrected chi connectivity index (χ4v) is 5.62. The van der Waals surface area contributed by atoms with Crippen LogP contribution in [-0.2, 0) is 32.4 Å². The van der Waals surface area contributed by atoms with Gasteiger partial charge in [-0.1, -0.05) is 98.6 Å². The van der Waals surface area contributed by atoms with Crippen LogP contribution in [0, 0.1) is 6.07 Å². The molecule has 0 spiro atoms. The van der Waals surface area contributed by atoms with Crippen molar-refractivity contribution >= 4 is 22.0 Å². The van der Waals surface area contributed by atoms with Crippen molar-refractivity contribution in [2.24, 2.45) is 0 Å². The van der Waals surface area contributed by atoms with E-state index >= 15 is 8.78 Å². The third kappa shape index (κ3) is 5.63. The van der Waals surface area contributed by atoms with Crippen molar-refractivity contribution in [2.45, 2.75) is 32.1 Å². The molecule has 0 radical (unpaired) electrons. The Balaban J connectivity index is 0.00000372. The number of halogens is 2. The molecule has 7 aromatic rings. The third-order valence-electron chi connectivity index (χ3n) is 8.07. The van der Waals surface area contributed by atoms with Crippen LogP contribution in [0.25, 0.3) is 55.7 Å². The number of hydrogen-bond donors (Lipinski definition) is 1. The summed E-state index contributed by atoms with van der Waals surface area (Å²) in [6, 6.07) is 34.6. The van der Waals surface area contributed by atoms with Crippen LogP contribution in [0.5, 0.6) is 5.75 Å². The molecule has 2 aromatic heterocycles. The summed E-state index contributed by atoms with van der Waals surface area (Å²) in [7, 11) is 0. The Bertz CT molecular complexity index is 2200. The van der Waals surface area contributed by atoms with Crippen molar-refractivity contribution in [2.75, 3.05) is 0 Å². The molecule has 0 saturated carbocycles. The molecule has 232 valence electrons. The molecule has 0 aliphatic carbocycles. The predicted octanol–water partition coefficient (Wildman–Crippen LogP) is 10.3. The zero-order valence-corrected chi connectivity index (χ0v) is 27.6. The molecular formula is C39H29F2N2O2Pt-. The van der Waals surface area contributed by atoms with Gasteiger partial charge < -0.3 is 9.52 Å². The van der Waals surface area contributed by atoms with Gasteiger partial charge in [0.2, 0.25) is 5.89 Å². The molecule has 0 aliphatic heterocycles. The van der Waals surface area contributed by atoms with Gasteiger partial charge in [-0.2, -0.15) is 8.78 Å². The smallest absolute Gasteiger partial charge is 0.297 e. The number of fused-ring (bicyclic) bond motifs is 2. The number of benzene rings is 5. The van der Waals surface area contributed by atoms with Crippen LogP contribution in [0.2, 0.25) is 0 Å². The van der Waals surface area contributed by atoms with Crippen LogP contribution >= 0.6 is 0 Å². The molecular weight excluding hydrogens is 762 g/mol. The minimum absolute atomic E-state index is 0. The Morgan fingerprint density at radius 3 is 2.11 bits per heavy atom. The topological polar surface area (TPSA) is 59.2 Å². The molecule has 0 atom stereocenters. The van der Waals surface area contributed by atoms with E-state index in [-0.39, 0.29) is 43.4 Å². The number of phenols is 1. The molecule has 7 rings (SSSR count). The van der Waals surface area contributed by atoms with Crippen LogP contribution in [-0.4, -0.2) is 15.1 Å². The number of oxazole rings is 1. The first kappa shape index (κ1) is 31.3. The number of alkyl halides is 2. The molecule has 0 amide bonds. The monoisotopic (exact) mass is 790 g/mol. The van der Waals surface area contributed by atoms with Gasteiger partial charge in [-0.3, -0.25) is 4.98 Å². The first-order valence-corrected chi connectivity index (χ1v) is 14.7. The van der Waals surface area contributed by atoms with Gasteiger partial charge in [0.15, 0.2) is 0 Å². The zero-order chi connectivity index (χ0) is 31.3. The number of nitrogens with zero attached hydrogens (tertiary/aromatic N) is 2. The Kier molecular flexibility index (Phi) is 8.12. The van der Waals surface area contributed by atoms with Crippen LogP contribution in [0.1, 0.15) is 37.5 Å². The second-order valence-electron chi connectivity index (χ2n) is 12.2. The molecule has 5 aromatic carbocycles. The Labute approximate surface area is 280 Å². The van der Waals surface area contributed by atoms with Crippen molar-refractivity contribution in [1.82, 2.24) is 9.97 Å². The van der Waals surface area contributed by atoms with Crippen molar-refractivity contribution in [1.29, 1.82) is 0 Å². The van der Waals surface area contributed by atoms with Gasteiger partial charge in [-0.15, -0.1) is 34.9 Å². The van der Waals surface area contributed by atoms with Crippen LogP contribution in [0.15, 0.2) is 120 Å². The number of phenolic OH excluding ortho intramolecular Hbond substituents is 1. The van der Waals surface area contributed by atoms with Crippen LogP contribution in [0.3, 0.4) is 0 Å². The van der Waals surface area contributed by atoms with Crippen molar-refractivity contribution < 1.29 is 39.4 Å². The summed E-state index contributed by atoms with van der Waals surface area (Å²) in [5.74, 6) is -2.86. The first-order chi connectivity index (χ1) is 21.6. The SMILES string of the molecule is CC(C)(C)c1cc(-c2cc(C(F)(F)c3ccccc3)cc3cccnc23)[c-]c(-c2cccc3oc(-c4ccccc4O)nc23)c1.[Pt]. The minimum atomic E-state index is -3.23. The number of rotatable bonds is 5. The van der Waals surface area contributed by atoms with Gasteiger partial charge in [0.05, 0.1) is 11.1 Å². The quantitative estimate of drug-likeness (QED) is 0.177. The normalized spacial score (nSPS) is 11.9. The number of aromatic nitrogens is 2. The van der Waals surface area contributed by atoms with Gasteiger partial charge in [0, 0.05) is 43.9 Å². The van der Waals surface area contributed by atoms with Crippen LogP contribution in [0.4, 0.5) is 8.78 Å². The molecule has 0 unspecified atom stereocenters. The van der Waals surface area contributed by atoms with Crippen molar-refractivity contribution in [3.05, 3.63) is 138 Å². The van der Waals surface area contributed by atoms with Gasteiger partial charge in [0.1, 0.15) is 11.3 Å². The molecule has 4 nitrogen and oxygen atoms in total. The number of aromatic hydroxyl groups is 1. The third-order valence-corrected chi connectivity index (χ3v) is 8.07. The summed E-state index contributed by atoms with van der Waals surface area (Å²) in [4.78, 5) is 9.41. The molecule has 0 fully saturated rings. The van der Waals surface area contributed by atoms with Crippen LogP contribution < -0.4 is 0 Å². The summed E-state index contributed by atoms with van der Waals surface area (Å²) < 4.78 is 38.1. The number of pyridine rings is 1. The molecule has 0 saturated heterocycles. The average molecular weight is 791 g/mol. The summed E-state index contributed by atoms with van der Waals surface area (Å²) in [6.45, 7) is 6.33. The Hall–Kier alpha value is -4.67. The molecule has 7 heteroatoms. The Morgan fingerprint density at radius 1 is 0.674 bits per heavy atom.